The Morgan fingerprint density at radius 3 is 2.59 bits per heavy atom. The van der Waals surface area contributed by atoms with Gasteiger partial charge in [0.25, 0.3) is 0 Å². The summed E-state index contributed by atoms with van der Waals surface area (Å²) < 4.78 is 54.8. The van der Waals surface area contributed by atoms with Crippen molar-refractivity contribution in [2.24, 2.45) is 0 Å². The number of phenols is 1. The van der Waals surface area contributed by atoms with Crippen LogP contribution in [0.25, 0.3) is 17.2 Å². The molecule has 15 heteroatoms. The highest BCUT2D eigenvalue weighted by atomic mass is 35.5. The lowest BCUT2D eigenvalue weighted by Crippen LogP contribution is -2.36. The number of amides is 1. The predicted molar refractivity (Wildman–Crippen MR) is 152 cm³/mol. The van der Waals surface area contributed by atoms with Crippen molar-refractivity contribution in [1.29, 1.82) is 0 Å². The van der Waals surface area contributed by atoms with E-state index in [0.29, 0.717) is 11.3 Å². The van der Waals surface area contributed by atoms with Crippen LogP contribution in [0.4, 0.5) is 29.2 Å². The molecule has 5 aromatic rings. The monoisotopic (exact) mass is 627 g/mol. The highest BCUT2D eigenvalue weighted by molar-refractivity contribution is 6.32. The van der Waals surface area contributed by atoms with Crippen molar-refractivity contribution in [3.63, 3.8) is 0 Å². The number of aromatic nitrogens is 5. The van der Waals surface area contributed by atoms with Crippen LogP contribution in [-0.4, -0.2) is 59.3 Å². The summed E-state index contributed by atoms with van der Waals surface area (Å²) in [5.74, 6) is -1.52. The number of rotatable bonds is 7. The SMILES string of the molecule is C[C@@]1(c2ccc(Cl)c(O)c2)C(=O)Nc2nc(-c3cn4ccnc4c(Cc4ccc(F)cc4)n3)nc(NC[C@@H](O)C(F)(F)F)c21. The van der Waals surface area contributed by atoms with Gasteiger partial charge in [0.15, 0.2) is 17.6 Å². The number of nitrogens with zero attached hydrogens (tertiary/aromatic N) is 5. The smallest absolute Gasteiger partial charge is 0.416 e. The summed E-state index contributed by atoms with van der Waals surface area (Å²) in [6.07, 6.45) is -2.62. The van der Waals surface area contributed by atoms with Crippen molar-refractivity contribution in [1.82, 2.24) is 24.3 Å². The molecule has 0 aliphatic carbocycles. The van der Waals surface area contributed by atoms with Gasteiger partial charge in [0.1, 0.15) is 34.3 Å². The van der Waals surface area contributed by atoms with Crippen molar-refractivity contribution in [2.75, 3.05) is 17.2 Å². The van der Waals surface area contributed by atoms with Gasteiger partial charge in [-0.05, 0) is 42.3 Å². The molecular weight excluding hydrogens is 606 g/mol. The molecule has 6 rings (SSSR count). The molecule has 44 heavy (non-hydrogen) atoms. The Hall–Kier alpha value is -4.82. The van der Waals surface area contributed by atoms with Crippen LogP contribution in [0.15, 0.2) is 61.1 Å². The molecule has 0 radical (unpaired) electrons. The first-order valence-corrected chi connectivity index (χ1v) is 13.5. The number of aromatic hydroxyl groups is 1. The highest BCUT2D eigenvalue weighted by Crippen LogP contribution is 2.47. The first-order chi connectivity index (χ1) is 20.8. The average molecular weight is 628 g/mol. The maximum Gasteiger partial charge on any atom is 0.416 e. The van der Waals surface area contributed by atoms with Crippen molar-refractivity contribution >= 4 is 34.8 Å². The lowest BCUT2D eigenvalue weighted by Gasteiger charge is -2.25. The van der Waals surface area contributed by atoms with Gasteiger partial charge in [0.2, 0.25) is 5.91 Å². The van der Waals surface area contributed by atoms with E-state index in [2.05, 4.69) is 30.6 Å². The quantitative estimate of drug-likeness (QED) is 0.188. The van der Waals surface area contributed by atoms with Crippen molar-refractivity contribution < 1.29 is 32.6 Å². The number of alkyl halides is 3. The molecule has 0 saturated heterocycles. The molecule has 0 fully saturated rings. The summed E-state index contributed by atoms with van der Waals surface area (Å²) in [5.41, 5.74) is 0.723. The van der Waals surface area contributed by atoms with Crippen LogP contribution >= 0.6 is 11.6 Å². The molecule has 226 valence electrons. The van der Waals surface area contributed by atoms with Crippen molar-refractivity contribution in [3.8, 4) is 17.3 Å². The first kappa shape index (κ1) is 29.3. The molecule has 1 aliphatic heterocycles. The van der Waals surface area contributed by atoms with E-state index in [1.165, 1.54) is 37.3 Å². The second kappa shape index (κ2) is 10.7. The molecule has 0 unspecified atom stereocenters. The summed E-state index contributed by atoms with van der Waals surface area (Å²) in [6, 6.07) is 10.00. The number of hydrogen-bond donors (Lipinski definition) is 4. The molecular formula is C29H22ClF4N7O3. The Morgan fingerprint density at radius 1 is 1.14 bits per heavy atom. The largest absolute Gasteiger partial charge is 0.506 e. The molecule has 1 amide bonds. The third-order valence-corrected chi connectivity index (χ3v) is 7.74. The van der Waals surface area contributed by atoms with Gasteiger partial charge < -0.3 is 25.2 Å². The minimum atomic E-state index is -4.92. The van der Waals surface area contributed by atoms with Crippen molar-refractivity contribution in [2.45, 2.75) is 31.0 Å². The molecule has 4 N–H and O–H groups in total. The minimum absolute atomic E-state index is 0.00597. The Kier molecular flexibility index (Phi) is 7.13. The number of carbonyl (C=O) groups excluding carboxylic acids is 1. The van der Waals surface area contributed by atoms with Crippen LogP contribution in [0.3, 0.4) is 0 Å². The van der Waals surface area contributed by atoms with Gasteiger partial charge >= 0.3 is 6.18 Å². The average Bonchev–Trinajstić information content (AvgIpc) is 3.56. The fourth-order valence-electron chi connectivity index (χ4n) is 5.04. The van der Waals surface area contributed by atoms with Crippen molar-refractivity contribution in [3.05, 3.63) is 94.3 Å². The van der Waals surface area contributed by atoms with Gasteiger partial charge in [-0.1, -0.05) is 29.8 Å². The van der Waals surface area contributed by atoms with E-state index >= 15 is 0 Å². The van der Waals surface area contributed by atoms with Gasteiger partial charge in [0.05, 0.1) is 22.8 Å². The van der Waals surface area contributed by atoms with Crippen LogP contribution in [0.5, 0.6) is 5.75 Å². The lowest BCUT2D eigenvalue weighted by atomic mass is 9.77. The number of fused-ring (bicyclic) bond motifs is 2. The van der Waals surface area contributed by atoms with E-state index in [9.17, 15) is 32.6 Å². The zero-order valence-corrected chi connectivity index (χ0v) is 23.4. The Morgan fingerprint density at radius 2 is 1.89 bits per heavy atom. The molecule has 4 heterocycles. The molecule has 0 spiro atoms. The third-order valence-electron chi connectivity index (χ3n) is 7.42. The van der Waals surface area contributed by atoms with E-state index in [0.717, 1.165) is 5.56 Å². The molecule has 2 aromatic carbocycles. The lowest BCUT2D eigenvalue weighted by molar-refractivity contribution is -0.198. The van der Waals surface area contributed by atoms with Crippen LogP contribution < -0.4 is 10.6 Å². The fraction of sp³-hybridized carbons (Fsp3) is 0.207. The number of hydrogen-bond acceptors (Lipinski definition) is 8. The van der Waals surface area contributed by atoms with Crippen LogP contribution in [0.2, 0.25) is 5.02 Å². The van der Waals surface area contributed by atoms with Gasteiger partial charge in [-0.15, -0.1) is 0 Å². The summed E-state index contributed by atoms with van der Waals surface area (Å²) >= 11 is 5.97. The number of nitrogens with one attached hydrogen (secondary N) is 2. The second-order valence-electron chi connectivity index (χ2n) is 10.3. The Labute approximate surface area is 251 Å². The van der Waals surface area contributed by atoms with Crippen LogP contribution in [-0.2, 0) is 16.6 Å². The number of aliphatic hydroxyl groups is 1. The molecule has 10 nitrogen and oxygen atoms in total. The topological polar surface area (TPSA) is 138 Å². The van der Waals surface area contributed by atoms with E-state index in [1.54, 1.807) is 35.1 Å². The van der Waals surface area contributed by atoms with E-state index < -0.39 is 36.0 Å². The molecule has 0 saturated carbocycles. The van der Waals surface area contributed by atoms with Crippen LogP contribution in [0, 0.1) is 5.82 Å². The fourth-order valence-corrected chi connectivity index (χ4v) is 5.16. The summed E-state index contributed by atoms with van der Waals surface area (Å²) in [5, 5.41) is 25.2. The molecule has 1 aliphatic rings. The maximum atomic E-state index is 13.5. The van der Waals surface area contributed by atoms with Gasteiger partial charge in [0, 0.05) is 25.0 Å². The zero-order chi connectivity index (χ0) is 31.4. The van der Waals surface area contributed by atoms with E-state index in [1.807, 2.05) is 0 Å². The molecule has 3 aromatic heterocycles. The summed E-state index contributed by atoms with van der Waals surface area (Å²) in [4.78, 5) is 31.5. The van der Waals surface area contributed by atoms with Gasteiger partial charge in [-0.25, -0.2) is 24.3 Å². The summed E-state index contributed by atoms with van der Waals surface area (Å²) in [6.45, 7) is 0.522. The Balaban J connectivity index is 1.50. The standard InChI is InChI=1S/C29H22ClF4N7O3/c1-28(15-4-7-17(30)20(42)11-15)22-24(36-12-21(43)29(32,33)34)38-23(39-25(22)40-27(28)44)19-13-41-9-8-35-26(41)18(37-19)10-14-2-5-16(31)6-3-14/h2-9,11,13,21,42-43H,10,12H2,1H3,(H2,36,38,39,40,44)/t21-,28+/m1/s1. The zero-order valence-electron chi connectivity index (χ0n) is 22.7. The third kappa shape index (κ3) is 5.15. The summed E-state index contributed by atoms with van der Waals surface area (Å²) in [7, 11) is 0. The molecule has 2 atom stereocenters. The van der Waals surface area contributed by atoms with E-state index in [4.69, 9.17) is 11.6 Å². The van der Waals surface area contributed by atoms with Crippen LogP contribution in [0.1, 0.15) is 29.3 Å². The number of benzene rings is 2. The number of imidazole rings is 1. The maximum absolute atomic E-state index is 13.5. The number of carbonyl (C=O) groups is 1. The number of halogens is 5. The van der Waals surface area contributed by atoms with E-state index in [-0.39, 0.29) is 51.5 Å². The first-order valence-electron chi connectivity index (χ1n) is 13.1. The normalized spacial score (nSPS) is 17.0. The number of aliphatic hydroxyl groups excluding tert-OH is 1. The highest BCUT2D eigenvalue weighted by Gasteiger charge is 2.48. The molecule has 0 bridgehead atoms. The second-order valence-corrected chi connectivity index (χ2v) is 10.7. The minimum Gasteiger partial charge on any atom is -0.506 e. The predicted octanol–water partition coefficient (Wildman–Crippen LogP) is 4.87. The number of phenolic OH excluding ortho intramolecular Hbond substituents is 1. The van der Waals surface area contributed by atoms with Gasteiger partial charge in [-0.3, -0.25) is 4.79 Å². The van der Waals surface area contributed by atoms with Gasteiger partial charge in [-0.2, -0.15) is 13.2 Å². The number of anilines is 2. The Bertz CT molecular complexity index is 1920.